The number of hydrogen-bond acceptors (Lipinski definition) is 3. The van der Waals surface area contributed by atoms with Crippen LogP contribution in [0.15, 0.2) is 35.5 Å². The molecule has 0 aromatic rings. The second-order valence-corrected chi connectivity index (χ2v) is 11.3. The topological polar surface area (TPSA) is 60.7 Å². The maximum atomic E-state index is 10.3. The molecule has 0 amide bonds. The zero-order valence-electron chi connectivity index (χ0n) is 19.7. The average Bonchev–Trinajstić information content (AvgIpc) is 3.03. The molecule has 3 aliphatic carbocycles. The van der Waals surface area contributed by atoms with Crippen molar-refractivity contribution in [1.29, 1.82) is 0 Å². The van der Waals surface area contributed by atoms with E-state index in [2.05, 4.69) is 32.6 Å². The first kappa shape index (κ1) is 23.8. The molecule has 0 aromatic heterocycles. The van der Waals surface area contributed by atoms with Crippen molar-refractivity contribution in [3.63, 3.8) is 0 Å². The average molecular weight is 417 g/mol. The van der Waals surface area contributed by atoms with Gasteiger partial charge < -0.3 is 15.3 Å². The van der Waals surface area contributed by atoms with Crippen LogP contribution < -0.4 is 0 Å². The Balaban J connectivity index is 1.69. The smallest absolute Gasteiger partial charge is 0.0849 e. The quantitative estimate of drug-likeness (QED) is 0.520. The predicted octanol–water partition coefficient (Wildman–Crippen LogP) is 5.70. The lowest BCUT2D eigenvalue weighted by Gasteiger charge is -2.44. The second kappa shape index (κ2) is 9.30. The van der Waals surface area contributed by atoms with Gasteiger partial charge in [0.05, 0.1) is 17.8 Å². The minimum Gasteiger partial charge on any atom is -0.393 e. The van der Waals surface area contributed by atoms with Crippen molar-refractivity contribution in [2.75, 3.05) is 0 Å². The van der Waals surface area contributed by atoms with Gasteiger partial charge in [0, 0.05) is 0 Å². The van der Waals surface area contributed by atoms with Crippen molar-refractivity contribution >= 4 is 0 Å². The van der Waals surface area contributed by atoms with Crippen LogP contribution in [0.1, 0.15) is 91.9 Å². The third-order valence-corrected chi connectivity index (χ3v) is 8.62. The van der Waals surface area contributed by atoms with Crippen molar-refractivity contribution in [3.8, 4) is 0 Å². The predicted molar refractivity (Wildman–Crippen MR) is 124 cm³/mol. The van der Waals surface area contributed by atoms with Crippen LogP contribution in [0.2, 0.25) is 0 Å². The van der Waals surface area contributed by atoms with E-state index in [9.17, 15) is 15.3 Å². The minimum absolute atomic E-state index is 0.215. The van der Waals surface area contributed by atoms with Crippen LogP contribution in [-0.2, 0) is 0 Å². The first-order valence-corrected chi connectivity index (χ1v) is 12.2. The molecule has 3 rings (SSSR count). The van der Waals surface area contributed by atoms with Gasteiger partial charge in [0.1, 0.15) is 0 Å². The van der Waals surface area contributed by atoms with Crippen molar-refractivity contribution in [1.82, 2.24) is 0 Å². The number of fused-ring (bicyclic) bond motifs is 1. The summed E-state index contributed by atoms with van der Waals surface area (Å²) in [6, 6.07) is 0. The summed E-state index contributed by atoms with van der Waals surface area (Å²) in [6.07, 6.45) is 14.1. The molecule has 6 atom stereocenters. The number of hydrogen-bond donors (Lipinski definition) is 3. The van der Waals surface area contributed by atoms with Crippen molar-refractivity contribution < 1.29 is 15.3 Å². The molecular weight excluding hydrogens is 372 g/mol. The van der Waals surface area contributed by atoms with Gasteiger partial charge in [-0.05, 0) is 107 Å². The number of aliphatic hydroxyl groups is 3. The fourth-order valence-corrected chi connectivity index (χ4v) is 6.58. The van der Waals surface area contributed by atoms with Crippen LogP contribution in [0.3, 0.4) is 0 Å². The van der Waals surface area contributed by atoms with Crippen LogP contribution in [-0.4, -0.2) is 33.1 Å². The van der Waals surface area contributed by atoms with E-state index in [0.717, 1.165) is 25.7 Å². The summed E-state index contributed by atoms with van der Waals surface area (Å²) in [7, 11) is 0. The molecule has 0 bridgehead atoms. The molecule has 0 unspecified atom stereocenters. The lowest BCUT2D eigenvalue weighted by atomic mass is 9.60. The minimum atomic E-state index is -1.02. The Hall–Kier alpha value is -0.900. The monoisotopic (exact) mass is 416 g/mol. The molecule has 0 radical (unpaired) electrons. The number of allylic oxidation sites excluding steroid dienone is 4. The fraction of sp³-hybridized carbons (Fsp3) is 0.778. The van der Waals surface area contributed by atoms with Gasteiger partial charge in [-0.3, -0.25) is 0 Å². The largest absolute Gasteiger partial charge is 0.393 e. The molecule has 3 heteroatoms. The van der Waals surface area contributed by atoms with Crippen LogP contribution in [0.4, 0.5) is 0 Å². The van der Waals surface area contributed by atoms with E-state index in [4.69, 9.17) is 0 Å². The molecule has 3 aliphatic rings. The number of aliphatic hydroxyl groups excluding tert-OH is 2. The third-order valence-electron chi connectivity index (χ3n) is 8.62. The number of rotatable bonds is 6. The van der Waals surface area contributed by atoms with E-state index in [1.165, 1.54) is 43.3 Å². The molecule has 0 heterocycles. The SMILES string of the molecule is C=C1CC[C@@H](O)C/C1=C/C=C1\CCC[C@]2(C)[C@@H]([C@H](C)CC[C@@H](O)C(C)(C)O)CC[C@@H]12. The van der Waals surface area contributed by atoms with Crippen molar-refractivity contribution in [2.45, 2.75) is 110 Å². The van der Waals surface area contributed by atoms with E-state index < -0.39 is 11.7 Å². The summed E-state index contributed by atoms with van der Waals surface area (Å²) in [5, 5.41) is 30.3. The summed E-state index contributed by atoms with van der Waals surface area (Å²) in [5.74, 6) is 1.89. The zero-order chi connectivity index (χ0) is 22.1. The van der Waals surface area contributed by atoms with Crippen LogP contribution in [0.5, 0.6) is 0 Å². The maximum absolute atomic E-state index is 10.3. The second-order valence-electron chi connectivity index (χ2n) is 11.3. The standard InChI is InChI=1S/C27H44O3/c1-18-8-12-22(28)17-21(18)11-10-20-7-6-16-27(5)23(13-14-24(20)27)19(2)9-15-25(29)26(3,4)30/h10-11,19,22-25,28-30H,1,6-9,12-17H2,2-5H3/b20-10+,21-11-/t19-,22-,23-,24+,25-,27-/m1/s1. The van der Waals surface area contributed by atoms with Crippen LogP contribution in [0.25, 0.3) is 0 Å². The van der Waals surface area contributed by atoms with E-state index >= 15 is 0 Å². The third kappa shape index (κ3) is 5.11. The van der Waals surface area contributed by atoms with Crippen LogP contribution in [0, 0.1) is 23.2 Å². The van der Waals surface area contributed by atoms with Crippen molar-refractivity contribution in [3.05, 3.63) is 35.5 Å². The summed E-state index contributed by atoms with van der Waals surface area (Å²) in [6.45, 7) is 12.5. The van der Waals surface area contributed by atoms with Crippen molar-refractivity contribution in [2.24, 2.45) is 23.2 Å². The van der Waals surface area contributed by atoms with Gasteiger partial charge in [-0.25, -0.2) is 0 Å². The summed E-state index contributed by atoms with van der Waals surface area (Å²) >= 11 is 0. The zero-order valence-corrected chi connectivity index (χ0v) is 19.7. The Morgan fingerprint density at radius 1 is 1.17 bits per heavy atom. The highest BCUT2D eigenvalue weighted by Gasteiger charge is 2.50. The van der Waals surface area contributed by atoms with Gasteiger partial charge in [-0.2, -0.15) is 0 Å². The molecule has 170 valence electrons. The van der Waals surface area contributed by atoms with Crippen LogP contribution >= 0.6 is 0 Å². The van der Waals surface area contributed by atoms with Gasteiger partial charge in [-0.1, -0.05) is 43.7 Å². The molecule has 0 aliphatic heterocycles. The van der Waals surface area contributed by atoms with E-state index in [0.29, 0.717) is 29.6 Å². The van der Waals surface area contributed by atoms with E-state index in [1.807, 2.05) is 0 Å². The highest BCUT2D eigenvalue weighted by atomic mass is 16.3. The Kier molecular flexibility index (Phi) is 7.37. The fourth-order valence-electron chi connectivity index (χ4n) is 6.58. The van der Waals surface area contributed by atoms with Gasteiger partial charge in [0.2, 0.25) is 0 Å². The molecule has 30 heavy (non-hydrogen) atoms. The molecular formula is C27H44O3. The summed E-state index contributed by atoms with van der Waals surface area (Å²) in [5.41, 5.74) is 3.34. The summed E-state index contributed by atoms with van der Waals surface area (Å²) in [4.78, 5) is 0. The molecule has 3 nitrogen and oxygen atoms in total. The molecule has 3 saturated carbocycles. The van der Waals surface area contributed by atoms with Gasteiger partial charge in [-0.15, -0.1) is 0 Å². The Morgan fingerprint density at radius 3 is 2.60 bits per heavy atom. The lowest BCUT2D eigenvalue weighted by Crippen LogP contribution is -2.38. The molecule has 3 N–H and O–H groups in total. The Morgan fingerprint density at radius 2 is 1.90 bits per heavy atom. The summed E-state index contributed by atoms with van der Waals surface area (Å²) < 4.78 is 0. The van der Waals surface area contributed by atoms with E-state index in [-0.39, 0.29) is 6.10 Å². The first-order chi connectivity index (χ1) is 14.0. The molecule has 0 aromatic carbocycles. The molecule has 0 spiro atoms. The van der Waals surface area contributed by atoms with Gasteiger partial charge >= 0.3 is 0 Å². The maximum Gasteiger partial charge on any atom is 0.0849 e. The highest BCUT2D eigenvalue weighted by Crippen LogP contribution is 2.60. The van der Waals surface area contributed by atoms with Gasteiger partial charge in [0.25, 0.3) is 0 Å². The van der Waals surface area contributed by atoms with Gasteiger partial charge in [0.15, 0.2) is 0 Å². The Bertz CT molecular complexity index is 683. The lowest BCUT2D eigenvalue weighted by molar-refractivity contribution is -0.0554. The highest BCUT2D eigenvalue weighted by molar-refractivity contribution is 5.36. The van der Waals surface area contributed by atoms with E-state index in [1.54, 1.807) is 19.4 Å². The molecule has 0 saturated heterocycles. The normalized spacial score (nSPS) is 37.4. The Labute approximate surface area is 184 Å². The first-order valence-electron chi connectivity index (χ1n) is 12.2. The molecule has 3 fully saturated rings.